The number of hydrogen-bond donors (Lipinski definition) is 2. The minimum atomic E-state index is 0.119. The lowest BCUT2D eigenvalue weighted by Crippen LogP contribution is -2.38. The molecule has 0 atom stereocenters. The van der Waals surface area contributed by atoms with Gasteiger partial charge in [0.1, 0.15) is 10.8 Å². The summed E-state index contributed by atoms with van der Waals surface area (Å²) in [5, 5.41) is 15.2. The molecule has 0 aliphatic carbocycles. The lowest BCUT2D eigenvalue weighted by molar-refractivity contribution is 0.198. The third kappa shape index (κ3) is 3.70. The lowest BCUT2D eigenvalue weighted by atomic mass is 9.93. The average Bonchev–Trinajstić information content (AvgIpc) is 2.87. The fourth-order valence-corrected chi connectivity index (χ4v) is 3.45. The molecule has 0 radical (unpaired) electrons. The third-order valence-electron chi connectivity index (χ3n) is 3.80. The average molecular weight is 296 g/mol. The van der Waals surface area contributed by atoms with Crippen molar-refractivity contribution < 1.29 is 5.21 Å². The Kier molecular flexibility index (Phi) is 4.65. The van der Waals surface area contributed by atoms with Gasteiger partial charge in [0.15, 0.2) is 0 Å². The maximum Gasteiger partial charge on any atom is 0.142 e. The van der Waals surface area contributed by atoms with E-state index in [-0.39, 0.29) is 11.3 Å². The third-order valence-corrected chi connectivity index (χ3v) is 4.63. The van der Waals surface area contributed by atoms with Gasteiger partial charge in [0.25, 0.3) is 0 Å². The van der Waals surface area contributed by atoms with Crippen molar-refractivity contribution in [2.75, 3.05) is 13.1 Å². The number of oxime groups is 1. The van der Waals surface area contributed by atoms with E-state index < -0.39 is 0 Å². The quantitative estimate of drug-likeness (QED) is 0.389. The normalized spacial score (nSPS) is 19.4. The highest BCUT2D eigenvalue weighted by Gasteiger charge is 2.23. The van der Waals surface area contributed by atoms with Gasteiger partial charge in [0.05, 0.1) is 12.2 Å². The minimum Gasteiger partial charge on any atom is -0.409 e. The predicted octanol–water partition coefficient (Wildman–Crippen LogP) is 2.40. The van der Waals surface area contributed by atoms with Gasteiger partial charge in [0.2, 0.25) is 0 Å². The van der Waals surface area contributed by atoms with Crippen LogP contribution in [0.1, 0.15) is 44.3 Å². The Bertz CT molecular complexity index is 470. The highest BCUT2D eigenvalue weighted by Crippen LogP contribution is 2.25. The Morgan fingerprint density at radius 2 is 2.15 bits per heavy atom. The fourth-order valence-electron chi connectivity index (χ4n) is 2.39. The molecule has 0 unspecified atom stereocenters. The molecule has 1 saturated heterocycles. The van der Waals surface area contributed by atoms with Crippen LogP contribution in [0, 0.1) is 5.92 Å². The summed E-state index contributed by atoms with van der Waals surface area (Å²) in [5.74, 6) is 0.589. The standard InChI is InChI=1S/C14H24N4OS/c1-14(2,3)11-9-20-12(16-11)8-18-6-4-10(5-7-18)13(15)17-19/h9-10,19H,4-8H2,1-3H3,(H2,15,17). The highest BCUT2D eigenvalue weighted by atomic mass is 32.1. The van der Waals surface area contributed by atoms with Crippen LogP contribution in [0.4, 0.5) is 0 Å². The molecule has 0 bridgehead atoms. The highest BCUT2D eigenvalue weighted by molar-refractivity contribution is 7.09. The molecule has 6 heteroatoms. The number of aromatic nitrogens is 1. The van der Waals surface area contributed by atoms with E-state index in [4.69, 9.17) is 15.9 Å². The van der Waals surface area contributed by atoms with Crippen LogP contribution in [0.15, 0.2) is 10.5 Å². The fraction of sp³-hybridized carbons (Fsp3) is 0.714. The van der Waals surface area contributed by atoms with E-state index in [1.54, 1.807) is 11.3 Å². The van der Waals surface area contributed by atoms with Crippen LogP contribution in [0.2, 0.25) is 0 Å². The Hall–Kier alpha value is -1.14. The van der Waals surface area contributed by atoms with Gasteiger partial charge in [-0.2, -0.15) is 0 Å². The Labute approximate surface area is 124 Å². The summed E-state index contributed by atoms with van der Waals surface area (Å²) in [6, 6.07) is 0. The van der Waals surface area contributed by atoms with Crippen LogP contribution >= 0.6 is 11.3 Å². The van der Waals surface area contributed by atoms with Gasteiger partial charge >= 0.3 is 0 Å². The topological polar surface area (TPSA) is 74.7 Å². The first-order chi connectivity index (χ1) is 9.40. The second kappa shape index (κ2) is 6.10. The van der Waals surface area contributed by atoms with Gasteiger partial charge in [-0.05, 0) is 25.9 Å². The van der Waals surface area contributed by atoms with E-state index in [0.717, 1.165) is 32.5 Å². The van der Waals surface area contributed by atoms with Crippen molar-refractivity contribution in [3.63, 3.8) is 0 Å². The van der Waals surface area contributed by atoms with Gasteiger partial charge in [-0.3, -0.25) is 4.90 Å². The van der Waals surface area contributed by atoms with Crippen LogP contribution in [-0.4, -0.2) is 34.0 Å². The molecule has 1 fully saturated rings. The first-order valence-electron chi connectivity index (χ1n) is 7.05. The summed E-state index contributed by atoms with van der Waals surface area (Å²) in [6.45, 7) is 9.43. The maximum absolute atomic E-state index is 8.71. The van der Waals surface area contributed by atoms with Crippen molar-refractivity contribution in [1.82, 2.24) is 9.88 Å². The number of nitrogens with zero attached hydrogens (tertiary/aromatic N) is 3. The molecule has 1 aromatic heterocycles. The lowest BCUT2D eigenvalue weighted by Gasteiger charge is -2.30. The molecule has 5 nitrogen and oxygen atoms in total. The molecule has 2 rings (SSSR count). The molecule has 112 valence electrons. The van der Waals surface area contributed by atoms with Crippen molar-refractivity contribution in [3.05, 3.63) is 16.1 Å². The van der Waals surface area contributed by atoms with E-state index >= 15 is 0 Å². The summed E-state index contributed by atoms with van der Waals surface area (Å²) in [7, 11) is 0. The SMILES string of the molecule is CC(C)(C)c1csc(CN2CCC(C(N)=NO)CC2)n1. The Balaban J connectivity index is 1.88. The van der Waals surface area contributed by atoms with Crippen molar-refractivity contribution in [2.24, 2.45) is 16.8 Å². The maximum atomic E-state index is 8.71. The first kappa shape index (κ1) is 15.3. The molecule has 3 N–H and O–H groups in total. The van der Waals surface area contributed by atoms with Crippen LogP contribution in [0.25, 0.3) is 0 Å². The summed E-state index contributed by atoms with van der Waals surface area (Å²) in [4.78, 5) is 7.13. The van der Waals surface area contributed by atoms with Crippen LogP contribution in [0.5, 0.6) is 0 Å². The predicted molar refractivity (Wildman–Crippen MR) is 82.2 cm³/mol. The smallest absolute Gasteiger partial charge is 0.142 e. The Morgan fingerprint density at radius 1 is 1.50 bits per heavy atom. The van der Waals surface area contributed by atoms with Gasteiger partial charge in [0, 0.05) is 16.7 Å². The Morgan fingerprint density at radius 3 is 2.65 bits per heavy atom. The molecule has 1 aliphatic rings. The van der Waals surface area contributed by atoms with E-state index in [2.05, 4.69) is 36.2 Å². The number of amidine groups is 1. The summed E-state index contributed by atoms with van der Waals surface area (Å²) in [5.41, 5.74) is 6.96. The molecule has 1 aliphatic heterocycles. The van der Waals surface area contributed by atoms with Crippen LogP contribution < -0.4 is 5.73 Å². The van der Waals surface area contributed by atoms with Crippen LogP contribution in [-0.2, 0) is 12.0 Å². The molecular weight excluding hydrogens is 272 g/mol. The van der Waals surface area contributed by atoms with Crippen molar-refractivity contribution >= 4 is 17.2 Å². The summed E-state index contributed by atoms with van der Waals surface area (Å²) in [6.07, 6.45) is 1.90. The number of piperidine rings is 1. The molecule has 0 spiro atoms. The van der Waals surface area contributed by atoms with Gasteiger partial charge in [-0.1, -0.05) is 25.9 Å². The zero-order valence-corrected chi connectivity index (χ0v) is 13.3. The zero-order valence-electron chi connectivity index (χ0n) is 12.5. The van der Waals surface area contributed by atoms with Crippen molar-refractivity contribution in [2.45, 2.75) is 45.6 Å². The van der Waals surface area contributed by atoms with Crippen molar-refractivity contribution in [3.8, 4) is 0 Å². The molecule has 20 heavy (non-hydrogen) atoms. The zero-order chi connectivity index (χ0) is 14.8. The van der Waals surface area contributed by atoms with Crippen LogP contribution in [0.3, 0.4) is 0 Å². The van der Waals surface area contributed by atoms with E-state index in [1.807, 2.05) is 0 Å². The summed E-state index contributed by atoms with van der Waals surface area (Å²) < 4.78 is 0. The second-order valence-corrected chi connectivity index (χ2v) is 7.39. The number of hydrogen-bond acceptors (Lipinski definition) is 5. The van der Waals surface area contributed by atoms with E-state index in [9.17, 15) is 0 Å². The molecule has 0 aromatic carbocycles. The molecule has 1 aromatic rings. The minimum absolute atomic E-state index is 0.119. The van der Waals surface area contributed by atoms with Crippen molar-refractivity contribution in [1.29, 1.82) is 0 Å². The largest absolute Gasteiger partial charge is 0.409 e. The van der Waals surface area contributed by atoms with Gasteiger partial charge in [-0.25, -0.2) is 4.98 Å². The first-order valence-corrected chi connectivity index (χ1v) is 7.93. The number of nitrogens with two attached hydrogens (primary N) is 1. The monoisotopic (exact) mass is 296 g/mol. The molecule has 0 saturated carbocycles. The van der Waals surface area contributed by atoms with Gasteiger partial charge < -0.3 is 10.9 Å². The molecule has 2 heterocycles. The van der Waals surface area contributed by atoms with E-state index in [0.29, 0.717) is 5.84 Å². The molecular formula is C14H24N4OS. The second-order valence-electron chi connectivity index (χ2n) is 6.45. The van der Waals surface area contributed by atoms with Gasteiger partial charge in [-0.15, -0.1) is 11.3 Å². The number of thiazole rings is 1. The molecule has 0 amide bonds. The van der Waals surface area contributed by atoms with E-state index in [1.165, 1.54) is 10.7 Å². The number of likely N-dealkylation sites (tertiary alicyclic amines) is 1. The summed E-state index contributed by atoms with van der Waals surface area (Å²) >= 11 is 1.74. The number of rotatable bonds is 3.